The third kappa shape index (κ3) is 11.0. The molecule has 1 rings (SSSR count). The Labute approximate surface area is 170 Å². The van der Waals surface area contributed by atoms with E-state index >= 15 is 0 Å². The van der Waals surface area contributed by atoms with Crippen LogP contribution in [-0.4, -0.2) is 94.3 Å². The summed E-state index contributed by atoms with van der Waals surface area (Å²) >= 11 is 0. The number of likely N-dealkylation sites (N-methyl/N-ethyl adjacent to an activating group) is 2. The van der Waals surface area contributed by atoms with Gasteiger partial charge in [0.05, 0.1) is 13.1 Å². The van der Waals surface area contributed by atoms with Crippen LogP contribution in [0.25, 0.3) is 0 Å². The summed E-state index contributed by atoms with van der Waals surface area (Å²) in [4.78, 5) is 18.8. The lowest BCUT2D eigenvalue weighted by Crippen LogP contribution is -2.50. The van der Waals surface area contributed by atoms with E-state index in [2.05, 4.69) is 25.8 Å². The van der Waals surface area contributed by atoms with E-state index < -0.39 is 12.7 Å². The fraction of sp³-hybridized carbons (Fsp3) is 0.867. The van der Waals surface area contributed by atoms with Gasteiger partial charge in [0.25, 0.3) is 0 Å². The van der Waals surface area contributed by atoms with Crippen molar-refractivity contribution in [3.8, 4) is 0 Å². The zero-order valence-electron chi connectivity index (χ0n) is 15.5. The summed E-state index contributed by atoms with van der Waals surface area (Å²) in [5.41, 5.74) is 0. The fourth-order valence-corrected chi connectivity index (χ4v) is 2.66. The average molecular weight is 494 g/mol. The summed E-state index contributed by atoms with van der Waals surface area (Å²) in [7, 11) is 4.70. The molecule has 154 valence electrons. The second kappa shape index (κ2) is 12.5. The van der Waals surface area contributed by atoms with Gasteiger partial charge in [0.15, 0.2) is 5.96 Å². The van der Waals surface area contributed by atoms with E-state index in [1.54, 1.807) is 14.1 Å². The molecule has 7 nitrogen and oxygen atoms in total. The van der Waals surface area contributed by atoms with Gasteiger partial charge in [-0.15, -0.1) is 24.0 Å². The van der Waals surface area contributed by atoms with Crippen LogP contribution < -0.4 is 16.0 Å². The number of carbonyl (C=O) groups excluding carboxylic acids is 1. The smallest absolute Gasteiger partial charge is 0.358 e. The molecule has 26 heavy (non-hydrogen) atoms. The molecule has 1 heterocycles. The van der Waals surface area contributed by atoms with Gasteiger partial charge in [-0.25, -0.2) is 0 Å². The molecule has 0 radical (unpaired) electrons. The molecule has 0 aromatic rings. The predicted octanol–water partition coefficient (Wildman–Crippen LogP) is 0.474. The number of carbonyl (C=O) groups is 1. The van der Waals surface area contributed by atoms with Gasteiger partial charge in [0, 0.05) is 46.3 Å². The van der Waals surface area contributed by atoms with Crippen molar-refractivity contribution in [2.24, 2.45) is 4.99 Å². The molecule has 0 aromatic heterocycles. The first-order valence-corrected chi connectivity index (χ1v) is 8.39. The summed E-state index contributed by atoms with van der Waals surface area (Å²) in [5, 5.41) is 8.94. The number of guanidine groups is 1. The molecule has 1 saturated heterocycles. The van der Waals surface area contributed by atoms with Gasteiger partial charge in [-0.1, -0.05) is 0 Å². The average Bonchev–Trinajstić information content (AvgIpc) is 2.53. The van der Waals surface area contributed by atoms with Crippen molar-refractivity contribution in [3.05, 3.63) is 0 Å². The molecule has 11 heteroatoms. The van der Waals surface area contributed by atoms with Crippen LogP contribution in [0.15, 0.2) is 4.99 Å². The zero-order chi connectivity index (χ0) is 18.9. The number of hydrogen-bond acceptors (Lipinski definition) is 4. The Hall–Kier alpha value is -0.820. The highest BCUT2D eigenvalue weighted by Gasteiger charge is 2.28. The molecule has 0 aromatic carbocycles. The largest absolute Gasteiger partial charge is 0.401 e. The van der Waals surface area contributed by atoms with Crippen molar-refractivity contribution in [1.82, 2.24) is 25.8 Å². The van der Waals surface area contributed by atoms with E-state index in [-0.39, 0.29) is 42.5 Å². The molecular formula is C15H30F3IN6O. The highest BCUT2D eigenvalue weighted by molar-refractivity contribution is 14.0. The predicted molar refractivity (Wildman–Crippen MR) is 107 cm³/mol. The Kier molecular flexibility index (Phi) is 12.2. The maximum atomic E-state index is 12.3. The third-order valence-electron chi connectivity index (χ3n) is 4.03. The van der Waals surface area contributed by atoms with Crippen molar-refractivity contribution in [2.75, 3.05) is 60.4 Å². The highest BCUT2D eigenvalue weighted by atomic mass is 127. The Morgan fingerprint density at radius 3 is 2.42 bits per heavy atom. The lowest BCUT2D eigenvalue weighted by molar-refractivity contribution is -0.142. The van der Waals surface area contributed by atoms with E-state index in [0.717, 1.165) is 25.9 Å². The minimum atomic E-state index is -4.18. The van der Waals surface area contributed by atoms with Crippen LogP contribution >= 0.6 is 24.0 Å². The van der Waals surface area contributed by atoms with Crippen LogP contribution in [0.1, 0.15) is 12.8 Å². The Morgan fingerprint density at radius 1 is 1.31 bits per heavy atom. The van der Waals surface area contributed by atoms with E-state index in [9.17, 15) is 18.0 Å². The second-order valence-corrected chi connectivity index (χ2v) is 6.22. The van der Waals surface area contributed by atoms with Crippen molar-refractivity contribution >= 4 is 35.8 Å². The van der Waals surface area contributed by atoms with Crippen LogP contribution in [0.4, 0.5) is 13.2 Å². The SMILES string of the molecule is CN=C(NCCN(C)CC(F)(F)F)NC1CCN(CC(=O)NC)CC1.I. The zero-order valence-corrected chi connectivity index (χ0v) is 17.9. The van der Waals surface area contributed by atoms with Gasteiger partial charge in [-0.05, 0) is 19.9 Å². The lowest BCUT2D eigenvalue weighted by atomic mass is 10.1. The Bertz CT molecular complexity index is 442. The summed E-state index contributed by atoms with van der Waals surface area (Å²) < 4.78 is 36.8. The van der Waals surface area contributed by atoms with Gasteiger partial charge < -0.3 is 16.0 Å². The number of aliphatic imine (C=N–C) groups is 1. The minimum absolute atomic E-state index is 0. The first-order chi connectivity index (χ1) is 11.7. The van der Waals surface area contributed by atoms with E-state index in [1.165, 1.54) is 11.9 Å². The van der Waals surface area contributed by atoms with Gasteiger partial charge in [0.2, 0.25) is 5.91 Å². The van der Waals surface area contributed by atoms with Gasteiger partial charge >= 0.3 is 6.18 Å². The standard InChI is InChI=1S/C15H29F3N6O.HI/c1-19-13(25)10-24-7-4-12(5-8-24)22-14(20-2)21-6-9-23(3)11-15(16,17)18;/h12H,4-11H2,1-3H3,(H,19,25)(H2,20,21,22);1H. The van der Waals surface area contributed by atoms with Gasteiger partial charge in [-0.2, -0.15) is 13.2 Å². The number of halogens is 4. The van der Waals surface area contributed by atoms with Crippen molar-refractivity contribution < 1.29 is 18.0 Å². The number of amides is 1. The molecule has 1 fully saturated rings. The normalized spacial score (nSPS) is 17.0. The van der Waals surface area contributed by atoms with E-state index in [0.29, 0.717) is 19.0 Å². The molecule has 1 aliphatic rings. The molecule has 1 aliphatic heterocycles. The van der Waals surface area contributed by atoms with Crippen molar-refractivity contribution in [1.29, 1.82) is 0 Å². The molecule has 0 bridgehead atoms. The maximum absolute atomic E-state index is 12.3. The molecule has 0 aliphatic carbocycles. The van der Waals surface area contributed by atoms with Gasteiger partial charge in [-0.3, -0.25) is 19.6 Å². The number of alkyl halides is 3. The molecule has 0 atom stereocenters. The first kappa shape index (κ1) is 25.2. The number of piperidine rings is 1. The number of hydrogen-bond donors (Lipinski definition) is 3. The first-order valence-electron chi connectivity index (χ1n) is 8.39. The molecule has 0 spiro atoms. The fourth-order valence-electron chi connectivity index (χ4n) is 2.66. The summed E-state index contributed by atoms with van der Waals surface area (Å²) in [5.74, 6) is 0.594. The number of nitrogens with zero attached hydrogens (tertiary/aromatic N) is 3. The Morgan fingerprint density at radius 2 is 1.92 bits per heavy atom. The molecule has 0 saturated carbocycles. The third-order valence-corrected chi connectivity index (χ3v) is 4.03. The quantitative estimate of drug-likeness (QED) is 0.273. The summed E-state index contributed by atoms with van der Waals surface area (Å²) in [6.45, 7) is 1.76. The molecule has 0 unspecified atom stereocenters. The van der Waals surface area contributed by atoms with Crippen molar-refractivity contribution in [3.63, 3.8) is 0 Å². The van der Waals surface area contributed by atoms with Crippen LogP contribution in [-0.2, 0) is 4.79 Å². The minimum Gasteiger partial charge on any atom is -0.358 e. The number of nitrogens with one attached hydrogen (secondary N) is 3. The second-order valence-electron chi connectivity index (χ2n) is 6.22. The monoisotopic (exact) mass is 494 g/mol. The molecular weight excluding hydrogens is 464 g/mol. The number of rotatable bonds is 7. The van der Waals surface area contributed by atoms with E-state index in [4.69, 9.17) is 0 Å². The van der Waals surface area contributed by atoms with Crippen molar-refractivity contribution in [2.45, 2.75) is 25.1 Å². The Balaban J connectivity index is 0.00000625. The van der Waals surface area contributed by atoms with Crippen LogP contribution in [0.2, 0.25) is 0 Å². The maximum Gasteiger partial charge on any atom is 0.401 e. The van der Waals surface area contributed by atoms with Gasteiger partial charge in [0.1, 0.15) is 0 Å². The summed E-state index contributed by atoms with van der Waals surface area (Å²) in [6.07, 6.45) is -2.42. The topological polar surface area (TPSA) is 72.0 Å². The van der Waals surface area contributed by atoms with E-state index in [1.807, 2.05) is 0 Å². The number of likely N-dealkylation sites (tertiary alicyclic amines) is 1. The summed E-state index contributed by atoms with van der Waals surface area (Å²) in [6, 6.07) is 0.236. The molecule has 1 amide bonds. The van der Waals surface area contributed by atoms with Crippen LogP contribution in [0.5, 0.6) is 0 Å². The lowest BCUT2D eigenvalue weighted by Gasteiger charge is -2.32. The molecule has 3 N–H and O–H groups in total. The van der Waals surface area contributed by atoms with Crippen LogP contribution in [0.3, 0.4) is 0 Å². The van der Waals surface area contributed by atoms with Crippen LogP contribution in [0, 0.1) is 0 Å². The highest BCUT2D eigenvalue weighted by Crippen LogP contribution is 2.15.